The fourth-order valence-electron chi connectivity index (χ4n) is 4.45. The summed E-state index contributed by atoms with van der Waals surface area (Å²) in [6, 6.07) is 10.5. The number of aromatic nitrogens is 2. The van der Waals surface area contributed by atoms with E-state index in [4.69, 9.17) is 9.47 Å². The normalized spacial score (nSPS) is 21.2. The Morgan fingerprint density at radius 1 is 1.19 bits per heavy atom. The van der Waals surface area contributed by atoms with E-state index < -0.39 is 10.8 Å². The van der Waals surface area contributed by atoms with Gasteiger partial charge in [-0.1, -0.05) is 18.2 Å². The zero-order chi connectivity index (χ0) is 21.9. The maximum atomic E-state index is 13.5. The van der Waals surface area contributed by atoms with Crippen LogP contribution < -0.4 is 14.8 Å². The van der Waals surface area contributed by atoms with E-state index in [2.05, 4.69) is 15.3 Å². The van der Waals surface area contributed by atoms with E-state index in [0.717, 1.165) is 16.6 Å². The number of para-hydroxylation sites is 2. The predicted octanol–water partition coefficient (Wildman–Crippen LogP) is 3.57. The van der Waals surface area contributed by atoms with E-state index in [1.165, 1.54) is 14.2 Å². The van der Waals surface area contributed by atoms with Crippen LogP contribution in [0.1, 0.15) is 35.1 Å². The van der Waals surface area contributed by atoms with Crippen molar-refractivity contribution in [1.29, 1.82) is 0 Å². The van der Waals surface area contributed by atoms with Crippen molar-refractivity contribution >= 4 is 40.6 Å². The van der Waals surface area contributed by atoms with E-state index in [-0.39, 0.29) is 17.2 Å². The van der Waals surface area contributed by atoms with Gasteiger partial charge in [0, 0.05) is 10.3 Å². The van der Waals surface area contributed by atoms with Gasteiger partial charge in [0.1, 0.15) is 11.4 Å². The fraction of sp³-hybridized carbons (Fsp3) is 0.318. The first-order valence-corrected chi connectivity index (χ1v) is 10.7. The van der Waals surface area contributed by atoms with Crippen LogP contribution in [0, 0.1) is 0 Å². The van der Waals surface area contributed by atoms with Gasteiger partial charge in [-0.15, -0.1) is 11.8 Å². The molecule has 9 heteroatoms. The standard InChI is InChI=1S/C22H22N4O4S/c1-22(2)17(18(27)25-21-23-12-7-5-6-8-13(12)24-21)26-19(28)15-11(20(26)31-22)9-10-14(29-3)16(15)30-4/h5-10,17,20H,1-4H3,(H2,23,24,25,27)/t17-,20?/m1/s1. The summed E-state index contributed by atoms with van der Waals surface area (Å²) in [6.07, 6.45) is 0. The molecule has 31 heavy (non-hydrogen) atoms. The van der Waals surface area contributed by atoms with Crippen molar-refractivity contribution in [3.05, 3.63) is 47.5 Å². The molecule has 2 N–H and O–H groups in total. The number of nitrogens with one attached hydrogen (secondary N) is 2. The molecule has 3 aromatic rings. The summed E-state index contributed by atoms with van der Waals surface area (Å²) >= 11 is 1.59. The fourth-order valence-corrected chi connectivity index (χ4v) is 6.03. The Kier molecular flexibility index (Phi) is 4.40. The van der Waals surface area contributed by atoms with Crippen LogP contribution in [0.25, 0.3) is 11.0 Å². The van der Waals surface area contributed by atoms with Crippen molar-refractivity contribution in [2.24, 2.45) is 0 Å². The second kappa shape index (κ2) is 6.91. The number of nitrogens with zero attached hydrogens (tertiary/aromatic N) is 2. The number of rotatable bonds is 4. The van der Waals surface area contributed by atoms with Gasteiger partial charge in [0.05, 0.1) is 30.8 Å². The monoisotopic (exact) mass is 438 g/mol. The molecule has 1 aromatic heterocycles. The molecule has 1 fully saturated rings. The van der Waals surface area contributed by atoms with Crippen LogP contribution in [-0.2, 0) is 4.79 Å². The molecule has 1 saturated heterocycles. The highest BCUT2D eigenvalue weighted by molar-refractivity contribution is 8.01. The lowest BCUT2D eigenvalue weighted by molar-refractivity contribution is -0.121. The number of H-pyrrole nitrogens is 1. The lowest BCUT2D eigenvalue weighted by Gasteiger charge is -2.29. The molecule has 0 radical (unpaired) electrons. The third kappa shape index (κ3) is 2.87. The first kappa shape index (κ1) is 19.7. The van der Waals surface area contributed by atoms with Gasteiger partial charge in [-0.2, -0.15) is 0 Å². The second-order valence-corrected chi connectivity index (χ2v) is 9.78. The molecule has 2 aromatic carbocycles. The smallest absolute Gasteiger partial charge is 0.260 e. The summed E-state index contributed by atoms with van der Waals surface area (Å²) in [6.45, 7) is 3.96. The first-order chi connectivity index (χ1) is 14.9. The Balaban J connectivity index is 1.51. The molecule has 0 aliphatic carbocycles. The highest BCUT2D eigenvalue weighted by atomic mass is 32.2. The van der Waals surface area contributed by atoms with Crippen molar-refractivity contribution in [1.82, 2.24) is 14.9 Å². The number of aromatic amines is 1. The molecule has 5 rings (SSSR count). The number of anilines is 1. The number of imidazole rings is 1. The van der Waals surface area contributed by atoms with Crippen molar-refractivity contribution < 1.29 is 19.1 Å². The highest BCUT2D eigenvalue weighted by Crippen LogP contribution is 2.58. The van der Waals surface area contributed by atoms with Crippen LogP contribution >= 0.6 is 11.8 Å². The summed E-state index contributed by atoms with van der Waals surface area (Å²) in [5.41, 5.74) is 2.88. The van der Waals surface area contributed by atoms with E-state index in [1.807, 2.05) is 44.2 Å². The van der Waals surface area contributed by atoms with Gasteiger partial charge in [0.15, 0.2) is 11.5 Å². The van der Waals surface area contributed by atoms with Crippen molar-refractivity contribution in [2.75, 3.05) is 19.5 Å². The topological polar surface area (TPSA) is 96.6 Å². The largest absolute Gasteiger partial charge is 0.493 e. The Morgan fingerprint density at radius 2 is 1.97 bits per heavy atom. The highest BCUT2D eigenvalue weighted by Gasteiger charge is 2.58. The lowest BCUT2D eigenvalue weighted by atomic mass is 10.0. The number of hydrogen-bond donors (Lipinski definition) is 2. The number of benzene rings is 2. The number of amides is 2. The molecule has 1 unspecified atom stereocenters. The van der Waals surface area contributed by atoms with Crippen LogP contribution in [0.15, 0.2) is 36.4 Å². The van der Waals surface area contributed by atoms with E-state index in [0.29, 0.717) is 23.0 Å². The Bertz CT molecular complexity index is 1190. The minimum atomic E-state index is -0.689. The van der Waals surface area contributed by atoms with E-state index >= 15 is 0 Å². The maximum absolute atomic E-state index is 13.5. The zero-order valence-corrected chi connectivity index (χ0v) is 18.4. The minimum Gasteiger partial charge on any atom is -0.493 e. The molecule has 0 saturated carbocycles. The second-order valence-electron chi connectivity index (χ2n) is 8.05. The minimum absolute atomic E-state index is 0.237. The SMILES string of the molecule is COc1ccc2c(c1OC)C(=O)N1C2SC(C)(C)[C@H]1C(=O)Nc1nc2ccccc2[nH]1. The molecule has 2 aliphatic rings. The van der Waals surface area contributed by atoms with Crippen LogP contribution in [-0.4, -0.2) is 51.7 Å². The Labute approximate surface area is 183 Å². The number of thioether (sulfide) groups is 1. The Morgan fingerprint density at radius 3 is 2.68 bits per heavy atom. The van der Waals surface area contributed by atoms with Gasteiger partial charge >= 0.3 is 0 Å². The summed E-state index contributed by atoms with van der Waals surface area (Å²) in [5.74, 6) is 0.723. The number of fused-ring (bicyclic) bond motifs is 4. The molecule has 0 spiro atoms. The summed E-state index contributed by atoms with van der Waals surface area (Å²) in [7, 11) is 3.05. The average molecular weight is 439 g/mol. The zero-order valence-electron chi connectivity index (χ0n) is 17.6. The summed E-state index contributed by atoms with van der Waals surface area (Å²) in [5, 5.41) is 2.60. The molecular formula is C22H22N4O4S. The number of carbonyl (C=O) groups excluding carboxylic acids is 2. The van der Waals surface area contributed by atoms with Crippen molar-refractivity contribution in [3.8, 4) is 11.5 Å². The quantitative estimate of drug-likeness (QED) is 0.647. The third-order valence-corrected chi connectivity index (χ3v) is 7.31. The van der Waals surface area contributed by atoms with Gasteiger partial charge in [-0.25, -0.2) is 4.98 Å². The molecule has 160 valence electrons. The van der Waals surface area contributed by atoms with Gasteiger partial charge in [0.2, 0.25) is 5.95 Å². The van der Waals surface area contributed by atoms with Crippen LogP contribution in [0.5, 0.6) is 11.5 Å². The van der Waals surface area contributed by atoms with Gasteiger partial charge in [-0.05, 0) is 32.0 Å². The van der Waals surface area contributed by atoms with Crippen molar-refractivity contribution in [3.63, 3.8) is 0 Å². The molecule has 2 atom stereocenters. The molecule has 8 nitrogen and oxygen atoms in total. The van der Waals surface area contributed by atoms with Crippen molar-refractivity contribution in [2.45, 2.75) is 30.0 Å². The van der Waals surface area contributed by atoms with Crippen LogP contribution in [0.3, 0.4) is 0 Å². The predicted molar refractivity (Wildman–Crippen MR) is 119 cm³/mol. The molecule has 3 heterocycles. The maximum Gasteiger partial charge on any atom is 0.260 e. The third-order valence-electron chi connectivity index (χ3n) is 5.78. The Hall–Kier alpha value is -3.20. The molecular weight excluding hydrogens is 416 g/mol. The number of methoxy groups -OCH3 is 2. The van der Waals surface area contributed by atoms with Crippen LogP contribution in [0.4, 0.5) is 5.95 Å². The number of hydrogen-bond acceptors (Lipinski definition) is 6. The van der Waals surface area contributed by atoms with Gasteiger partial charge in [0.25, 0.3) is 11.8 Å². The van der Waals surface area contributed by atoms with E-state index in [1.54, 1.807) is 22.7 Å². The first-order valence-electron chi connectivity index (χ1n) is 9.86. The van der Waals surface area contributed by atoms with Gasteiger partial charge < -0.3 is 19.4 Å². The average Bonchev–Trinajstić information content (AvgIpc) is 3.36. The molecule has 2 aliphatic heterocycles. The summed E-state index contributed by atoms with van der Waals surface area (Å²) < 4.78 is 10.4. The number of ether oxygens (including phenoxy) is 2. The van der Waals surface area contributed by atoms with Gasteiger partial charge in [-0.3, -0.25) is 14.9 Å². The molecule has 0 bridgehead atoms. The van der Waals surface area contributed by atoms with Crippen LogP contribution in [0.2, 0.25) is 0 Å². The summed E-state index contributed by atoms with van der Waals surface area (Å²) in [4.78, 5) is 36.1. The molecule has 2 amide bonds. The van der Waals surface area contributed by atoms with E-state index in [9.17, 15) is 9.59 Å². The number of carbonyl (C=O) groups is 2. The lowest BCUT2D eigenvalue weighted by Crippen LogP contribution is -2.50.